The Balaban J connectivity index is 3.74. The van der Waals surface area contributed by atoms with Gasteiger partial charge in [0.1, 0.15) is 0 Å². The molecule has 0 fully saturated rings. The van der Waals surface area contributed by atoms with Crippen LogP contribution in [0.3, 0.4) is 0 Å². The van der Waals surface area contributed by atoms with E-state index < -0.39 is 11.9 Å². The maximum absolute atomic E-state index is 11.2. The molecule has 0 heterocycles. The first-order valence-electron chi connectivity index (χ1n) is 8.72. The molecule has 0 saturated heterocycles. The normalized spacial score (nSPS) is 11.6. The van der Waals surface area contributed by atoms with Crippen LogP contribution >= 0.6 is 0 Å². The summed E-state index contributed by atoms with van der Waals surface area (Å²) in [6.45, 7) is 2.20. The Morgan fingerprint density at radius 1 is 0.773 bits per heavy atom. The van der Waals surface area contributed by atoms with Crippen LogP contribution in [0.4, 0.5) is 0 Å². The predicted octanol–water partition coefficient (Wildman–Crippen LogP) is 5.17. The number of carbonyl (C=O) groups is 2. The highest BCUT2D eigenvalue weighted by molar-refractivity contribution is 5.86. The fourth-order valence-electron chi connectivity index (χ4n) is 2.44. The molecule has 0 rings (SSSR count). The van der Waals surface area contributed by atoms with E-state index in [1.54, 1.807) is 0 Å². The Bertz CT molecular complexity index is 334. The molecule has 0 saturated carbocycles. The summed E-state index contributed by atoms with van der Waals surface area (Å²) >= 11 is 0. The lowest BCUT2D eigenvalue weighted by molar-refractivity contribution is -0.137. The van der Waals surface area contributed by atoms with Gasteiger partial charge in [-0.1, -0.05) is 57.9 Å². The number of aliphatic carboxylic acids is 2. The van der Waals surface area contributed by atoms with Crippen LogP contribution in [0, 0.1) is 0 Å². The lowest BCUT2D eigenvalue weighted by Gasteiger charge is -2.03. The molecule has 0 amide bonds. The second kappa shape index (κ2) is 14.6. The number of allylic oxidation sites excluding steroid dienone is 1. The summed E-state index contributed by atoms with van der Waals surface area (Å²) in [5.74, 6) is -1.57. The van der Waals surface area contributed by atoms with Crippen LogP contribution in [0.25, 0.3) is 0 Å². The summed E-state index contributed by atoms with van der Waals surface area (Å²) in [4.78, 5) is 21.5. The van der Waals surface area contributed by atoms with Crippen LogP contribution in [0.1, 0.15) is 90.4 Å². The van der Waals surface area contributed by atoms with E-state index >= 15 is 0 Å². The zero-order valence-electron chi connectivity index (χ0n) is 14.0. The number of unbranched alkanes of at least 4 members (excludes halogenated alkanes) is 9. The van der Waals surface area contributed by atoms with Crippen molar-refractivity contribution in [3.05, 3.63) is 11.6 Å². The molecule has 0 aromatic carbocycles. The number of rotatable bonds is 15. The van der Waals surface area contributed by atoms with Gasteiger partial charge in [0.05, 0.1) is 0 Å². The van der Waals surface area contributed by atoms with Crippen molar-refractivity contribution in [1.82, 2.24) is 0 Å². The van der Waals surface area contributed by atoms with Crippen molar-refractivity contribution in [3.8, 4) is 0 Å². The smallest absolute Gasteiger partial charge is 0.331 e. The molecule has 0 aliphatic heterocycles. The van der Waals surface area contributed by atoms with Gasteiger partial charge in [-0.3, -0.25) is 4.79 Å². The van der Waals surface area contributed by atoms with Gasteiger partial charge in [0, 0.05) is 12.0 Å². The highest BCUT2D eigenvalue weighted by Gasteiger charge is 2.06. The number of hydrogen-bond donors (Lipinski definition) is 2. The summed E-state index contributed by atoms with van der Waals surface area (Å²) in [7, 11) is 0. The molecule has 0 aromatic heterocycles. The first-order chi connectivity index (χ1) is 10.6. The monoisotopic (exact) mass is 312 g/mol. The Labute approximate surface area is 134 Å². The Kier molecular flexibility index (Phi) is 13.7. The minimum Gasteiger partial charge on any atom is -0.481 e. The molecule has 4 nitrogen and oxygen atoms in total. The maximum atomic E-state index is 11.2. The molecule has 4 heteroatoms. The predicted molar refractivity (Wildman–Crippen MR) is 89.0 cm³/mol. The van der Waals surface area contributed by atoms with Crippen LogP contribution < -0.4 is 0 Å². The Hall–Kier alpha value is -1.32. The largest absolute Gasteiger partial charge is 0.481 e. The van der Waals surface area contributed by atoms with E-state index in [1.807, 2.05) is 6.08 Å². The molecule has 2 N–H and O–H groups in total. The molecular weight excluding hydrogens is 280 g/mol. The highest BCUT2D eigenvalue weighted by atomic mass is 16.4. The molecule has 0 aliphatic rings. The van der Waals surface area contributed by atoms with E-state index in [4.69, 9.17) is 5.11 Å². The van der Waals surface area contributed by atoms with Gasteiger partial charge in [0.25, 0.3) is 0 Å². The third-order valence-corrected chi connectivity index (χ3v) is 3.81. The minimum atomic E-state index is -0.809. The van der Waals surface area contributed by atoms with Gasteiger partial charge >= 0.3 is 11.9 Å². The Morgan fingerprint density at radius 3 is 1.91 bits per heavy atom. The summed E-state index contributed by atoms with van der Waals surface area (Å²) in [6, 6.07) is 0. The summed E-state index contributed by atoms with van der Waals surface area (Å²) in [5, 5.41) is 17.7. The fraction of sp³-hybridized carbons (Fsp3) is 0.778. The van der Waals surface area contributed by atoms with Gasteiger partial charge in [0.15, 0.2) is 0 Å². The van der Waals surface area contributed by atoms with E-state index in [0.717, 1.165) is 32.1 Å². The van der Waals surface area contributed by atoms with Crippen molar-refractivity contribution in [2.75, 3.05) is 0 Å². The van der Waals surface area contributed by atoms with Crippen molar-refractivity contribution in [2.24, 2.45) is 0 Å². The molecule has 0 radical (unpaired) electrons. The van der Waals surface area contributed by atoms with Crippen molar-refractivity contribution < 1.29 is 19.8 Å². The quantitative estimate of drug-likeness (QED) is 0.323. The van der Waals surface area contributed by atoms with Crippen LogP contribution in [0.5, 0.6) is 0 Å². The average molecular weight is 312 g/mol. The first kappa shape index (κ1) is 20.7. The van der Waals surface area contributed by atoms with E-state index in [2.05, 4.69) is 6.92 Å². The molecular formula is C18H32O4. The standard InChI is InChI=1S/C18H32O4/c1-2-3-4-5-6-7-10-13-16(18(21)22)14-11-8-9-12-15-17(19)20/h13H,2-12,14-15H2,1H3,(H,19,20)(H,21,22). The van der Waals surface area contributed by atoms with E-state index in [-0.39, 0.29) is 6.42 Å². The van der Waals surface area contributed by atoms with Crippen LogP contribution in [-0.2, 0) is 9.59 Å². The second-order valence-corrected chi connectivity index (χ2v) is 5.90. The SMILES string of the molecule is CCCCCCCCC=C(CCCCCCC(=O)O)C(=O)O. The summed E-state index contributed by atoms with van der Waals surface area (Å²) < 4.78 is 0. The molecule has 0 aromatic rings. The van der Waals surface area contributed by atoms with Gasteiger partial charge < -0.3 is 10.2 Å². The van der Waals surface area contributed by atoms with E-state index in [0.29, 0.717) is 18.4 Å². The second-order valence-electron chi connectivity index (χ2n) is 5.90. The van der Waals surface area contributed by atoms with Crippen molar-refractivity contribution >= 4 is 11.9 Å². The summed E-state index contributed by atoms with van der Waals surface area (Å²) in [5.41, 5.74) is 0.520. The van der Waals surface area contributed by atoms with Crippen LogP contribution in [-0.4, -0.2) is 22.2 Å². The molecule has 0 atom stereocenters. The van der Waals surface area contributed by atoms with Crippen molar-refractivity contribution in [1.29, 1.82) is 0 Å². The van der Waals surface area contributed by atoms with Gasteiger partial charge in [-0.05, 0) is 32.1 Å². The summed E-state index contributed by atoms with van der Waals surface area (Å²) in [6.07, 6.45) is 14.1. The molecule has 22 heavy (non-hydrogen) atoms. The Morgan fingerprint density at radius 2 is 1.32 bits per heavy atom. The molecule has 0 unspecified atom stereocenters. The number of carboxylic acid groups (broad SMARTS) is 2. The third-order valence-electron chi connectivity index (χ3n) is 3.81. The first-order valence-corrected chi connectivity index (χ1v) is 8.72. The minimum absolute atomic E-state index is 0.208. The van der Waals surface area contributed by atoms with Crippen molar-refractivity contribution in [2.45, 2.75) is 90.4 Å². The van der Waals surface area contributed by atoms with Gasteiger partial charge in [-0.15, -0.1) is 0 Å². The average Bonchev–Trinajstić information content (AvgIpc) is 2.46. The molecule has 128 valence electrons. The van der Waals surface area contributed by atoms with E-state index in [9.17, 15) is 14.7 Å². The fourth-order valence-corrected chi connectivity index (χ4v) is 2.44. The lowest BCUT2D eigenvalue weighted by atomic mass is 10.0. The van der Waals surface area contributed by atoms with E-state index in [1.165, 1.54) is 32.1 Å². The number of hydrogen-bond acceptors (Lipinski definition) is 2. The highest BCUT2D eigenvalue weighted by Crippen LogP contribution is 2.14. The lowest BCUT2D eigenvalue weighted by Crippen LogP contribution is -2.01. The zero-order chi connectivity index (χ0) is 16.6. The number of carboxylic acids is 2. The molecule has 0 spiro atoms. The van der Waals surface area contributed by atoms with Gasteiger partial charge in [-0.2, -0.15) is 0 Å². The topological polar surface area (TPSA) is 74.6 Å². The van der Waals surface area contributed by atoms with Crippen molar-refractivity contribution in [3.63, 3.8) is 0 Å². The van der Waals surface area contributed by atoms with Gasteiger partial charge in [-0.25, -0.2) is 4.79 Å². The van der Waals surface area contributed by atoms with Crippen LogP contribution in [0.2, 0.25) is 0 Å². The van der Waals surface area contributed by atoms with Crippen LogP contribution in [0.15, 0.2) is 11.6 Å². The molecule has 0 aliphatic carbocycles. The third kappa shape index (κ3) is 13.7. The maximum Gasteiger partial charge on any atom is 0.331 e. The zero-order valence-corrected chi connectivity index (χ0v) is 14.0. The van der Waals surface area contributed by atoms with Gasteiger partial charge in [0.2, 0.25) is 0 Å². The molecule has 0 bridgehead atoms.